The fourth-order valence-corrected chi connectivity index (χ4v) is 2.46. The smallest absolute Gasteiger partial charge is 0.237 e. The number of nitrogens with one attached hydrogen (secondary N) is 1. The van der Waals surface area contributed by atoms with E-state index in [1.165, 1.54) is 4.90 Å². The zero-order valence-corrected chi connectivity index (χ0v) is 14.6. The van der Waals surface area contributed by atoms with Crippen molar-refractivity contribution in [3.63, 3.8) is 0 Å². The molecule has 2 aromatic rings. The van der Waals surface area contributed by atoms with Gasteiger partial charge in [0.15, 0.2) is 0 Å². The summed E-state index contributed by atoms with van der Waals surface area (Å²) in [5.41, 5.74) is 0.922. The molecule has 0 aliphatic heterocycles. The summed E-state index contributed by atoms with van der Waals surface area (Å²) in [6.07, 6.45) is 1.71. The molecule has 1 N–H and O–H groups in total. The molecule has 0 aliphatic carbocycles. The van der Waals surface area contributed by atoms with Crippen LogP contribution in [0.4, 0.5) is 0 Å². The van der Waals surface area contributed by atoms with Crippen LogP contribution in [-0.2, 0) is 22.7 Å². The van der Waals surface area contributed by atoms with Crippen molar-refractivity contribution in [3.05, 3.63) is 53.9 Å². The maximum atomic E-state index is 12.4. The van der Waals surface area contributed by atoms with Gasteiger partial charge >= 0.3 is 0 Å². The van der Waals surface area contributed by atoms with Gasteiger partial charge in [-0.25, -0.2) is 0 Å². The Morgan fingerprint density at radius 2 is 1.83 bits per heavy atom. The van der Waals surface area contributed by atoms with E-state index in [9.17, 15) is 9.59 Å². The topological polar surface area (TPSA) is 67.2 Å². The van der Waals surface area contributed by atoms with Crippen LogP contribution in [0.15, 0.2) is 42.6 Å². The minimum atomic E-state index is -1.10. The van der Waals surface area contributed by atoms with Crippen molar-refractivity contribution in [2.45, 2.75) is 26.9 Å². The van der Waals surface area contributed by atoms with Gasteiger partial charge in [0, 0.05) is 20.3 Å². The predicted octanol–water partition coefficient (Wildman–Crippen LogP) is 1.66. The molecule has 6 nitrogen and oxygen atoms in total. The molecule has 24 heavy (non-hydrogen) atoms. The molecule has 1 heterocycles. The zero-order valence-electron chi connectivity index (χ0n) is 14.6. The molecule has 0 unspecified atom stereocenters. The average Bonchev–Trinajstić information content (AvgIpc) is 2.99. The summed E-state index contributed by atoms with van der Waals surface area (Å²) >= 11 is 0. The lowest BCUT2D eigenvalue weighted by Crippen LogP contribution is -2.47. The SMILES string of the molecule is CN(C)C(=O)C(C)(C)C(=O)NCc1ccnn1Cc1ccccc1. The van der Waals surface area contributed by atoms with Crippen LogP contribution in [0.1, 0.15) is 25.1 Å². The molecule has 0 atom stereocenters. The maximum Gasteiger partial charge on any atom is 0.237 e. The number of carbonyl (C=O) groups is 2. The minimum Gasteiger partial charge on any atom is -0.350 e. The third-order valence-corrected chi connectivity index (χ3v) is 3.92. The third-order valence-electron chi connectivity index (χ3n) is 3.92. The first-order chi connectivity index (χ1) is 11.3. The van der Waals surface area contributed by atoms with Crippen molar-refractivity contribution in [2.75, 3.05) is 14.1 Å². The number of hydrogen-bond acceptors (Lipinski definition) is 3. The Bertz CT molecular complexity index is 705. The zero-order chi connectivity index (χ0) is 17.7. The Balaban J connectivity index is 2.02. The molecule has 128 valence electrons. The average molecular weight is 328 g/mol. The van der Waals surface area contributed by atoms with Crippen molar-refractivity contribution < 1.29 is 9.59 Å². The van der Waals surface area contributed by atoms with Gasteiger partial charge in [0.05, 0.1) is 18.8 Å². The van der Waals surface area contributed by atoms with Crippen LogP contribution >= 0.6 is 0 Å². The summed E-state index contributed by atoms with van der Waals surface area (Å²) in [5, 5.41) is 7.15. The van der Waals surface area contributed by atoms with Gasteiger partial charge < -0.3 is 10.2 Å². The maximum absolute atomic E-state index is 12.4. The van der Waals surface area contributed by atoms with E-state index in [2.05, 4.69) is 10.4 Å². The summed E-state index contributed by atoms with van der Waals surface area (Å²) < 4.78 is 1.84. The van der Waals surface area contributed by atoms with Gasteiger partial charge in [-0.2, -0.15) is 5.10 Å². The van der Waals surface area contributed by atoms with Crippen LogP contribution in [0.25, 0.3) is 0 Å². The second kappa shape index (κ2) is 7.29. The number of benzene rings is 1. The Morgan fingerprint density at radius 1 is 1.17 bits per heavy atom. The Labute approximate surface area is 142 Å². The highest BCUT2D eigenvalue weighted by atomic mass is 16.2. The van der Waals surface area contributed by atoms with Crippen LogP contribution in [0.3, 0.4) is 0 Å². The van der Waals surface area contributed by atoms with Crippen molar-refractivity contribution in [2.24, 2.45) is 5.41 Å². The minimum absolute atomic E-state index is 0.224. The van der Waals surface area contributed by atoms with Crippen LogP contribution in [0, 0.1) is 5.41 Å². The highest BCUT2D eigenvalue weighted by Crippen LogP contribution is 2.18. The van der Waals surface area contributed by atoms with Crippen molar-refractivity contribution >= 4 is 11.8 Å². The highest BCUT2D eigenvalue weighted by molar-refractivity contribution is 6.03. The second-order valence-corrected chi connectivity index (χ2v) is 6.47. The van der Waals surface area contributed by atoms with Gasteiger partial charge in [0.25, 0.3) is 0 Å². The van der Waals surface area contributed by atoms with Gasteiger partial charge in [0.1, 0.15) is 5.41 Å². The van der Waals surface area contributed by atoms with E-state index >= 15 is 0 Å². The van der Waals surface area contributed by atoms with Crippen LogP contribution in [-0.4, -0.2) is 40.6 Å². The standard InChI is InChI=1S/C18H24N4O2/c1-18(2,17(24)21(3)4)16(23)19-12-15-10-11-20-22(15)13-14-8-6-5-7-9-14/h5-11H,12-13H2,1-4H3,(H,19,23). The van der Waals surface area contributed by atoms with E-state index in [0.29, 0.717) is 13.1 Å². The van der Waals surface area contributed by atoms with Crippen LogP contribution in [0.2, 0.25) is 0 Å². The normalized spacial score (nSPS) is 11.2. The van der Waals surface area contributed by atoms with Gasteiger partial charge in [-0.1, -0.05) is 30.3 Å². The van der Waals surface area contributed by atoms with Gasteiger partial charge in [-0.15, -0.1) is 0 Å². The first-order valence-electron chi connectivity index (χ1n) is 7.87. The van der Waals surface area contributed by atoms with Crippen molar-refractivity contribution in [3.8, 4) is 0 Å². The molecule has 0 aliphatic rings. The van der Waals surface area contributed by atoms with E-state index in [4.69, 9.17) is 0 Å². The molecule has 0 saturated carbocycles. The molecular weight excluding hydrogens is 304 g/mol. The molecule has 0 radical (unpaired) electrons. The Morgan fingerprint density at radius 3 is 2.46 bits per heavy atom. The van der Waals surface area contributed by atoms with Crippen LogP contribution in [0.5, 0.6) is 0 Å². The van der Waals surface area contributed by atoms with Crippen molar-refractivity contribution in [1.82, 2.24) is 20.0 Å². The van der Waals surface area contributed by atoms with E-state index < -0.39 is 5.41 Å². The summed E-state index contributed by atoms with van der Waals surface area (Å²) in [5.74, 6) is -0.522. The molecule has 2 amide bonds. The number of amides is 2. The summed E-state index contributed by atoms with van der Waals surface area (Å²) in [7, 11) is 3.29. The monoisotopic (exact) mass is 328 g/mol. The second-order valence-electron chi connectivity index (χ2n) is 6.47. The lowest BCUT2D eigenvalue weighted by molar-refractivity contribution is -0.146. The van der Waals surface area contributed by atoms with E-state index in [1.54, 1.807) is 34.1 Å². The first-order valence-corrected chi connectivity index (χ1v) is 7.87. The van der Waals surface area contributed by atoms with Crippen molar-refractivity contribution in [1.29, 1.82) is 0 Å². The highest BCUT2D eigenvalue weighted by Gasteiger charge is 2.37. The van der Waals surface area contributed by atoms with Gasteiger partial charge in [-0.3, -0.25) is 14.3 Å². The Hall–Kier alpha value is -2.63. The molecule has 6 heteroatoms. The van der Waals surface area contributed by atoms with Gasteiger partial charge in [-0.05, 0) is 25.5 Å². The Kier molecular flexibility index (Phi) is 5.39. The largest absolute Gasteiger partial charge is 0.350 e. The lowest BCUT2D eigenvalue weighted by atomic mass is 9.90. The summed E-state index contributed by atoms with van der Waals surface area (Å²) in [4.78, 5) is 25.9. The number of aromatic nitrogens is 2. The number of carbonyl (C=O) groups excluding carboxylic acids is 2. The van der Waals surface area contributed by atoms with Crippen LogP contribution < -0.4 is 5.32 Å². The fourth-order valence-electron chi connectivity index (χ4n) is 2.46. The molecule has 0 bridgehead atoms. The van der Waals surface area contributed by atoms with E-state index in [1.807, 2.05) is 41.1 Å². The summed E-state index contributed by atoms with van der Waals surface area (Å²) in [6.45, 7) is 4.23. The number of nitrogens with zero attached hydrogens (tertiary/aromatic N) is 3. The van der Waals surface area contributed by atoms with E-state index in [-0.39, 0.29) is 11.8 Å². The lowest BCUT2D eigenvalue weighted by Gasteiger charge is -2.26. The number of hydrogen-bond donors (Lipinski definition) is 1. The van der Waals surface area contributed by atoms with Gasteiger partial charge in [0.2, 0.25) is 11.8 Å². The summed E-state index contributed by atoms with van der Waals surface area (Å²) in [6, 6.07) is 11.9. The molecule has 0 saturated heterocycles. The molecule has 1 aromatic carbocycles. The molecule has 0 fully saturated rings. The molecular formula is C18H24N4O2. The quantitative estimate of drug-likeness (QED) is 0.820. The molecule has 0 spiro atoms. The first kappa shape index (κ1) is 17.7. The third kappa shape index (κ3) is 4.01. The number of rotatable bonds is 6. The van der Waals surface area contributed by atoms with E-state index in [0.717, 1.165) is 11.3 Å². The molecule has 2 rings (SSSR count). The molecule has 1 aromatic heterocycles. The fraction of sp³-hybridized carbons (Fsp3) is 0.389. The predicted molar refractivity (Wildman–Crippen MR) is 92.1 cm³/mol.